The van der Waals surface area contributed by atoms with E-state index in [-0.39, 0.29) is 17.5 Å². The molecule has 0 aromatic carbocycles. The molecule has 82 valence electrons. The molecule has 15 heavy (non-hydrogen) atoms. The van der Waals surface area contributed by atoms with Gasteiger partial charge in [-0.1, -0.05) is 0 Å². The molecule has 0 aromatic heterocycles. The van der Waals surface area contributed by atoms with Crippen LogP contribution in [0, 0.1) is 5.41 Å². The van der Waals surface area contributed by atoms with Gasteiger partial charge in [0, 0.05) is 0 Å². The fourth-order valence-corrected chi connectivity index (χ4v) is 2.12. The van der Waals surface area contributed by atoms with Crippen molar-refractivity contribution in [3.8, 4) is 0 Å². The van der Waals surface area contributed by atoms with Crippen LogP contribution in [-0.4, -0.2) is 37.1 Å². The molecule has 0 aromatic rings. The minimum absolute atomic E-state index is 0.0739. The maximum atomic E-state index is 5.63. The van der Waals surface area contributed by atoms with Crippen molar-refractivity contribution in [2.24, 2.45) is 15.4 Å². The van der Waals surface area contributed by atoms with E-state index in [2.05, 4.69) is 23.8 Å². The van der Waals surface area contributed by atoms with Gasteiger partial charge in [0.2, 0.25) is 0 Å². The average Bonchev–Trinajstić information content (AvgIpc) is 2.71. The molecule has 4 heteroatoms. The van der Waals surface area contributed by atoms with Crippen molar-refractivity contribution >= 4 is 11.8 Å². The molecule has 1 aliphatic carbocycles. The molecule has 2 aliphatic heterocycles. The third kappa shape index (κ3) is 1.34. The van der Waals surface area contributed by atoms with Gasteiger partial charge < -0.3 is 9.47 Å². The van der Waals surface area contributed by atoms with Crippen LogP contribution >= 0.6 is 0 Å². The summed E-state index contributed by atoms with van der Waals surface area (Å²) in [5.41, 5.74) is -0.0739. The lowest BCUT2D eigenvalue weighted by Gasteiger charge is -2.13. The van der Waals surface area contributed by atoms with Crippen LogP contribution in [0.15, 0.2) is 9.98 Å². The summed E-state index contributed by atoms with van der Waals surface area (Å²) in [5.74, 6) is 1.73. The molecule has 0 amide bonds. The fourth-order valence-electron chi connectivity index (χ4n) is 2.12. The largest absolute Gasteiger partial charge is 0.478 e. The number of rotatable bonds is 2. The smallest absolute Gasteiger partial charge is 0.199 e. The molecule has 0 saturated heterocycles. The van der Waals surface area contributed by atoms with Gasteiger partial charge in [-0.3, -0.25) is 0 Å². The minimum Gasteiger partial charge on any atom is -0.478 e. The third-order valence-corrected chi connectivity index (χ3v) is 3.17. The van der Waals surface area contributed by atoms with Crippen molar-refractivity contribution in [1.29, 1.82) is 0 Å². The highest BCUT2D eigenvalue weighted by atomic mass is 16.5. The lowest BCUT2D eigenvalue weighted by Crippen LogP contribution is -2.26. The highest BCUT2D eigenvalue weighted by molar-refractivity contribution is 6.08. The van der Waals surface area contributed by atoms with Gasteiger partial charge in [-0.2, -0.15) is 0 Å². The van der Waals surface area contributed by atoms with Crippen LogP contribution in [0.25, 0.3) is 0 Å². The topological polar surface area (TPSA) is 43.2 Å². The van der Waals surface area contributed by atoms with Gasteiger partial charge in [-0.05, 0) is 26.7 Å². The van der Waals surface area contributed by atoms with E-state index in [1.54, 1.807) is 0 Å². The Hall–Kier alpha value is -1.06. The zero-order chi connectivity index (χ0) is 10.5. The minimum atomic E-state index is -0.0739. The number of hydrogen-bond donors (Lipinski definition) is 0. The zero-order valence-corrected chi connectivity index (χ0v) is 9.19. The van der Waals surface area contributed by atoms with E-state index in [1.165, 1.54) is 0 Å². The Morgan fingerprint density at radius 3 is 1.73 bits per heavy atom. The first-order valence-electron chi connectivity index (χ1n) is 5.63. The van der Waals surface area contributed by atoms with Gasteiger partial charge in [0.25, 0.3) is 0 Å². The van der Waals surface area contributed by atoms with Gasteiger partial charge in [0.15, 0.2) is 11.8 Å². The van der Waals surface area contributed by atoms with E-state index in [4.69, 9.17) is 9.47 Å². The second-order valence-electron chi connectivity index (χ2n) is 4.77. The Balaban J connectivity index is 1.86. The summed E-state index contributed by atoms with van der Waals surface area (Å²) in [7, 11) is 0. The van der Waals surface area contributed by atoms with Gasteiger partial charge in [0.1, 0.15) is 18.6 Å². The van der Waals surface area contributed by atoms with Crippen molar-refractivity contribution in [3.63, 3.8) is 0 Å². The molecule has 1 saturated carbocycles. The Morgan fingerprint density at radius 1 is 1.00 bits per heavy atom. The molecule has 0 unspecified atom stereocenters. The van der Waals surface area contributed by atoms with Crippen LogP contribution < -0.4 is 0 Å². The first-order valence-corrected chi connectivity index (χ1v) is 5.63. The van der Waals surface area contributed by atoms with Crippen LogP contribution in [0.5, 0.6) is 0 Å². The molecule has 3 rings (SSSR count). The first-order chi connectivity index (χ1) is 7.21. The highest BCUT2D eigenvalue weighted by Gasteiger charge is 2.57. The molecule has 2 heterocycles. The standard InChI is InChI=1S/C11H16N2O2/c1-7-5-14-9(12-7)11(3-4-11)10-13-8(2)6-15-10/h7-8H,3-6H2,1-2H3/t7-,8-/m1/s1. The summed E-state index contributed by atoms with van der Waals surface area (Å²) in [5, 5.41) is 0. The second kappa shape index (κ2) is 2.97. The van der Waals surface area contributed by atoms with Crippen molar-refractivity contribution in [2.45, 2.75) is 38.8 Å². The Morgan fingerprint density at radius 2 is 1.47 bits per heavy atom. The molecule has 4 nitrogen and oxygen atoms in total. The van der Waals surface area contributed by atoms with Crippen LogP contribution in [-0.2, 0) is 9.47 Å². The Labute approximate surface area is 89.4 Å². The summed E-state index contributed by atoms with van der Waals surface area (Å²) in [6, 6.07) is 0.578. The second-order valence-corrected chi connectivity index (χ2v) is 4.77. The van der Waals surface area contributed by atoms with E-state index < -0.39 is 0 Å². The molecular weight excluding hydrogens is 192 g/mol. The molecule has 3 aliphatic rings. The van der Waals surface area contributed by atoms with Crippen LogP contribution in [0.1, 0.15) is 26.7 Å². The summed E-state index contributed by atoms with van der Waals surface area (Å²) in [4.78, 5) is 9.05. The molecule has 0 bridgehead atoms. The van der Waals surface area contributed by atoms with Gasteiger partial charge >= 0.3 is 0 Å². The SMILES string of the molecule is C[C@@H]1COC(C2(C3=N[C@H](C)CO3)CC2)=N1. The summed E-state index contributed by atoms with van der Waals surface area (Å²) in [6.07, 6.45) is 2.15. The zero-order valence-electron chi connectivity index (χ0n) is 9.19. The molecule has 2 atom stereocenters. The maximum Gasteiger partial charge on any atom is 0.199 e. The van der Waals surface area contributed by atoms with Gasteiger partial charge in [0.05, 0.1) is 12.1 Å². The average molecular weight is 208 g/mol. The quantitative estimate of drug-likeness (QED) is 0.688. The maximum absolute atomic E-state index is 5.63. The monoisotopic (exact) mass is 208 g/mol. The molecule has 0 spiro atoms. The summed E-state index contributed by atoms with van der Waals surface area (Å²) < 4.78 is 11.3. The molecular formula is C11H16N2O2. The third-order valence-electron chi connectivity index (χ3n) is 3.17. The predicted molar refractivity (Wildman–Crippen MR) is 57.4 cm³/mol. The van der Waals surface area contributed by atoms with E-state index in [9.17, 15) is 0 Å². The van der Waals surface area contributed by atoms with Crippen molar-refractivity contribution < 1.29 is 9.47 Å². The number of ether oxygens (including phenoxy) is 2. The van der Waals surface area contributed by atoms with Crippen LogP contribution in [0.4, 0.5) is 0 Å². The Kier molecular flexibility index (Phi) is 1.82. The normalized spacial score (nSPS) is 36.7. The number of nitrogens with zero attached hydrogens (tertiary/aromatic N) is 2. The van der Waals surface area contributed by atoms with Crippen LogP contribution in [0.2, 0.25) is 0 Å². The summed E-state index contributed by atoms with van der Waals surface area (Å²) >= 11 is 0. The van der Waals surface area contributed by atoms with E-state index in [0.29, 0.717) is 13.2 Å². The van der Waals surface area contributed by atoms with Gasteiger partial charge in [-0.25, -0.2) is 9.98 Å². The summed E-state index contributed by atoms with van der Waals surface area (Å²) in [6.45, 7) is 5.56. The lowest BCUT2D eigenvalue weighted by molar-refractivity contribution is 0.284. The predicted octanol–water partition coefficient (Wildman–Crippen LogP) is 1.40. The van der Waals surface area contributed by atoms with E-state index >= 15 is 0 Å². The molecule has 0 N–H and O–H groups in total. The van der Waals surface area contributed by atoms with E-state index in [1.807, 2.05) is 0 Å². The number of aliphatic imine (C=N–C) groups is 2. The van der Waals surface area contributed by atoms with Crippen molar-refractivity contribution in [1.82, 2.24) is 0 Å². The molecule has 0 radical (unpaired) electrons. The van der Waals surface area contributed by atoms with E-state index in [0.717, 1.165) is 24.6 Å². The lowest BCUT2D eigenvalue weighted by atomic mass is 10.1. The van der Waals surface area contributed by atoms with Crippen molar-refractivity contribution in [2.75, 3.05) is 13.2 Å². The van der Waals surface area contributed by atoms with Crippen LogP contribution in [0.3, 0.4) is 0 Å². The fraction of sp³-hybridized carbons (Fsp3) is 0.818. The van der Waals surface area contributed by atoms with Crippen molar-refractivity contribution in [3.05, 3.63) is 0 Å². The number of hydrogen-bond acceptors (Lipinski definition) is 4. The Bertz CT molecular complexity index is 314. The highest BCUT2D eigenvalue weighted by Crippen LogP contribution is 2.51. The first kappa shape index (κ1) is 9.19. The van der Waals surface area contributed by atoms with Gasteiger partial charge in [-0.15, -0.1) is 0 Å². The molecule has 1 fully saturated rings.